The molecule has 5 nitrogen and oxygen atoms in total. The first kappa shape index (κ1) is 31.8. The van der Waals surface area contributed by atoms with E-state index in [1.807, 2.05) is 18.2 Å². The van der Waals surface area contributed by atoms with Crippen molar-refractivity contribution in [3.8, 4) is 11.1 Å². The lowest BCUT2D eigenvalue weighted by atomic mass is 9.96. The monoisotopic (exact) mass is 731 g/mol. The average Bonchev–Trinajstić information content (AvgIpc) is 3.83. The van der Waals surface area contributed by atoms with Crippen LogP contribution in [0.15, 0.2) is 195 Å². The number of rotatable bonds is 4. The number of aliphatic imine (C=N–C) groups is 2. The largest absolute Gasteiger partial charge is 0.456 e. The van der Waals surface area contributed by atoms with Gasteiger partial charge in [-0.25, -0.2) is 9.98 Å². The van der Waals surface area contributed by atoms with Gasteiger partial charge >= 0.3 is 0 Å². The van der Waals surface area contributed by atoms with Crippen molar-refractivity contribution in [2.75, 3.05) is 7.05 Å². The molecule has 0 amide bonds. The number of hydrogen-bond donors (Lipinski definition) is 0. The molecule has 1 unspecified atom stereocenters. The van der Waals surface area contributed by atoms with Crippen LogP contribution < -0.4 is 0 Å². The molecule has 5 heteroatoms. The predicted octanol–water partition coefficient (Wildman–Crippen LogP) is 13.4. The molecule has 0 spiro atoms. The molecule has 3 heterocycles. The minimum atomic E-state index is -0.317. The summed E-state index contributed by atoms with van der Waals surface area (Å²) < 4.78 is 13.0. The Morgan fingerprint density at radius 3 is 1.91 bits per heavy atom. The van der Waals surface area contributed by atoms with Crippen molar-refractivity contribution in [1.82, 2.24) is 4.90 Å². The molecule has 0 aliphatic carbocycles. The fraction of sp³-hybridized carbons (Fsp3) is 0.0385. The van der Waals surface area contributed by atoms with Crippen molar-refractivity contribution in [2.45, 2.75) is 6.17 Å². The molecule has 0 N–H and O–H groups in total. The van der Waals surface area contributed by atoms with Gasteiger partial charge in [0, 0.05) is 39.7 Å². The second kappa shape index (κ2) is 12.3. The first-order chi connectivity index (χ1) is 28.1. The molecule has 0 fully saturated rings. The number of benzene rings is 9. The van der Waals surface area contributed by atoms with Crippen LogP contribution in [0, 0.1) is 0 Å². The zero-order chi connectivity index (χ0) is 37.6. The summed E-state index contributed by atoms with van der Waals surface area (Å²) in [6.07, 6.45) is -0.317. The van der Waals surface area contributed by atoms with Crippen LogP contribution >= 0.6 is 0 Å². The first-order valence-electron chi connectivity index (χ1n) is 19.3. The zero-order valence-corrected chi connectivity index (χ0v) is 31.0. The average molecular weight is 732 g/mol. The minimum Gasteiger partial charge on any atom is -0.456 e. The Labute approximate surface area is 327 Å². The standard InChI is InChI=1S/C52H33N3O2/c1-55-51(33-12-3-2-4-13-33)53-50(54-52(55)37-24-23-32-22-21-31-11-7-8-16-38(31)41(32)29-37)40-18-10-20-46-49(40)42-28-36(25-26-44(42)56-46)39-17-9-19-45-48(39)43-27-34-14-5-6-15-35(34)30-47(43)57-45/h2-30,52H,1H3. The lowest BCUT2D eigenvalue weighted by Gasteiger charge is -2.32. The van der Waals surface area contributed by atoms with E-state index in [-0.39, 0.29) is 6.17 Å². The van der Waals surface area contributed by atoms with Crippen molar-refractivity contribution in [3.63, 3.8) is 0 Å². The summed E-state index contributed by atoms with van der Waals surface area (Å²) >= 11 is 0. The third-order valence-corrected chi connectivity index (χ3v) is 11.7. The molecule has 1 atom stereocenters. The number of furan rings is 2. The molecule has 0 radical (unpaired) electrons. The van der Waals surface area contributed by atoms with E-state index >= 15 is 0 Å². The van der Waals surface area contributed by atoms with Gasteiger partial charge in [0.25, 0.3) is 0 Å². The molecule has 9 aromatic carbocycles. The van der Waals surface area contributed by atoms with Gasteiger partial charge in [0.05, 0.1) is 0 Å². The van der Waals surface area contributed by atoms with Gasteiger partial charge in [0.2, 0.25) is 0 Å². The predicted molar refractivity (Wildman–Crippen MR) is 235 cm³/mol. The van der Waals surface area contributed by atoms with Gasteiger partial charge in [-0.2, -0.15) is 0 Å². The maximum atomic E-state index is 6.57. The summed E-state index contributed by atoms with van der Waals surface area (Å²) in [5.41, 5.74) is 8.62. The van der Waals surface area contributed by atoms with Crippen LogP contribution in [-0.2, 0) is 0 Å². The molecule has 2 aromatic heterocycles. The van der Waals surface area contributed by atoms with E-state index in [1.54, 1.807) is 0 Å². The molecule has 268 valence electrons. The van der Waals surface area contributed by atoms with Crippen molar-refractivity contribution in [1.29, 1.82) is 0 Å². The van der Waals surface area contributed by atoms with E-state index in [4.69, 9.17) is 18.8 Å². The smallest absolute Gasteiger partial charge is 0.160 e. The van der Waals surface area contributed by atoms with Gasteiger partial charge in [-0.3, -0.25) is 0 Å². The van der Waals surface area contributed by atoms with Gasteiger partial charge in [-0.05, 0) is 91.5 Å². The Kier molecular flexibility index (Phi) is 6.84. The van der Waals surface area contributed by atoms with E-state index in [0.717, 1.165) is 82.9 Å². The van der Waals surface area contributed by atoms with Gasteiger partial charge in [-0.1, -0.05) is 133 Å². The normalized spacial score (nSPS) is 14.8. The fourth-order valence-electron chi connectivity index (χ4n) is 8.92. The molecule has 0 saturated heterocycles. The number of amidine groups is 2. The Morgan fingerprint density at radius 1 is 0.439 bits per heavy atom. The minimum absolute atomic E-state index is 0.317. The Hall–Kier alpha value is -7.50. The highest BCUT2D eigenvalue weighted by Gasteiger charge is 2.28. The SMILES string of the molecule is CN1C(c2ccccc2)=NC(c2cccc3oc4ccc(-c5cccc6oc7cc8ccccc8cc7c56)cc4c23)=NC1c1ccc2ccc3ccccc3c2c1. The molecule has 1 aliphatic heterocycles. The third kappa shape index (κ3) is 4.95. The van der Waals surface area contributed by atoms with E-state index in [2.05, 4.69) is 170 Å². The van der Waals surface area contributed by atoms with E-state index in [0.29, 0.717) is 5.84 Å². The van der Waals surface area contributed by atoms with Crippen LogP contribution in [0.5, 0.6) is 0 Å². The molecule has 11 aromatic rings. The summed E-state index contributed by atoms with van der Waals surface area (Å²) in [6, 6.07) is 61.9. The fourth-order valence-corrected chi connectivity index (χ4v) is 8.92. The second-order valence-corrected chi connectivity index (χ2v) is 15.0. The highest BCUT2D eigenvalue weighted by molar-refractivity contribution is 6.23. The maximum absolute atomic E-state index is 6.57. The van der Waals surface area contributed by atoms with Crippen molar-refractivity contribution >= 4 is 87.9 Å². The lowest BCUT2D eigenvalue weighted by Crippen LogP contribution is -2.35. The maximum Gasteiger partial charge on any atom is 0.160 e. The van der Waals surface area contributed by atoms with Crippen LogP contribution in [0.25, 0.3) is 87.3 Å². The molecule has 0 saturated carbocycles. The van der Waals surface area contributed by atoms with E-state index in [9.17, 15) is 0 Å². The molecule has 0 bridgehead atoms. The summed E-state index contributed by atoms with van der Waals surface area (Å²) in [5, 5.41) is 11.4. The summed E-state index contributed by atoms with van der Waals surface area (Å²) in [4.78, 5) is 13.0. The van der Waals surface area contributed by atoms with Gasteiger partial charge in [0.1, 0.15) is 28.2 Å². The highest BCUT2D eigenvalue weighted by atomic mass is 16.3. The van der Waals surface area contributed by atoms with Crippen LogP contribution in [0.3, 0.4) is 0 Å². The van der Waals surface area contributed by atoms with Crippen molar-refractivity contribution < 1.29 is 8.83 Å². The van der Waals surface area contributed by atoms with Crippen molar-refractivity contribution in [3.05, 3.63) is 193 Å². The van der Waals surface area contributed by atoms with Gasteiger partial charge < -0.3 is 13.7 Å². The number of fused-ring (bicyclic) bond motifs is 10. The van der Waals surface area contributed by atoms with Gasteiger partial charge in [0.15, 0.2) is 12.0 Å². The number of hydrogen-bond acceptors (Lipinski definition) is 5. The van der Waals surface area contributed by atoms with E-state index < -0.39 is 0 Å². The summed E-state index contributed by atoms with van der Waals surface area (Å²) in [7, 11) is 2.09. The lowest BCUT2D eigenvalue weighted by molar-refractivity contribution is 0.383. The Bertz CT molecular complexity index is 3500. The van der Waals surface area contributed by atoms with Crippen LogP contribution in [-0.4, -0.2) is 23.6 Å². The molecule has 57 heavy (non-hydrogen) atoms. The number of nitrogens with zero attached hydrogens (tertiary/aromatic N) is 3. The highest BCUT2D eigenvalue weighted by Crippen LogP contribution is 2.42. The molecular formula is C52H33N3O2. The van der Waals surface area contributed by atoms with Crippen LogP contribution in [0.1, 0.15) is 22.9 Å². The van der Waals surface area contributed by atoms with Crippen LogP contribution in [0.2, 0.25) is 0 Å². The molecule has 1 aliphatic rings. The second-order valence-electron chi connectivity index (χ2n) is 15.0. The summed E-state index contributed by atoms with van der Waals surface area (Å²) in [6.45, 7) is 0. The van der Waals surface area contributed by atoms with Crippen LogP contribution in [0.4, 0.5) is 0 Å². The Morgan fingerprint density at radius 2 is 1.09 bits per heavy atom. The molecular weight excluding hydrogens is 699 g/mol. The Balaban J connectivity index is 1.06. The third-order valence-electron chi connectivity index (χ3n) is 11.7. The quantitative estimate of drug-likeness (QED) is 0.169. The van der Waals surface area contributed by atoms with Gasteiger partial charge in [-0.15, -0.1) is 0 Å². The topological polar surface area (TPSA) is 54.2 Å². The first-order valence-corrected chi connectivity index (χ1v) is 19.3. The van der Waals surface area contributed by atoms with E-state index in [1.165, 1.54) is 26.9 Å². The van der Waals surface area contributed by atoms with Crippen molar-refractivity contribution in [2.24, 2.45) is 9.98 Å². The summed E-state index contributed by atoms with van der Waals surface area (Å²) in [5.74, 6) is 1.53. The molecule has 12 rings (SSSR count). The zero-order valence-electron chi connectivity index (χ0n) is 31.0.